The van der Waals surface area contributed by atoms with Crippen LogP contribution in [0.25, 0.3) is 0 Å². The van der Waals surface area contributed by atoms with Crippen molar-refractivity contribution in [3.8, 4) is 0 Å². The second-order valence-corrected chi connectivity index (χ2v) is 4.44. The first-order chi connectivity index (χ1) is 5.36. The molecule has 2 nitrogen and oxygen atoms in total. The lowest BCUT2D eigenvalue weighted by Gasteiger charge is -2.12. The Hall–Kier alpha value is -0.180. The summed E-state index contributed by atoms with van der Waals surface area (Å²) in [7, 11) is 0. The van der Waals surface area contributed by atoms with Crippen LogP contribution in [0.3, 0.4) is 0 Å². The molecule has 0 aromatic heterocycles. The Bertz CT molecular complexity index is 179. The van der Waals surface area contributed by atoms with E-state index in [1.807, 2.05) is 11.8 Å². The van der Waals surface area contributed by atoms with Gasteiger partial charge >= 0.3 is 0 Å². The summed E-state index contributed by atoms with van der Waals surface area (Å²) in [6.45, 7) is 3.31. The minimum atomic E-state index is 0.736. The number of aliphatic imine (C=N–C) groups is 1. The van der Waals surface area contributed by atoms with Crippen molar-refractivity contribution in [2.24, 2.45) is 10.9 Å². The van der Waals surface area contributed by atoms with Gasteiger partial charge in [-0.15, -0.1) is 0 Å². The lowest BCUT2D eigenvalue weighted by molar-refractivity contribution is 0.809. The van der Waals surface area contributed by atoms with Gasteiger partial charge in [0.2, 0.25) is 0 Å². The molecule has 0 spiro atoms. The van der Waals surface area contributed by atoms with Crippen LogP contribution in [0.15, 0.2) is 4.99 Å². The van der Waals surface area contributed by atoms with Crippen LogP contribution >= 0.6 is 11.8 Å². The predicted molar refractivity (Wildman–Crippen MR) is 50.1 cm³/mol. The van der Waals surface area contributed by atoms with Gasteiger partial charge in [0.25, 0.3) is 0 Å². The third-order valence-corrected chi connectivity index (χ3v) is 3.23. The van der Waals surface area contributed by atoms with Crippen LogP contribution in [0, 0.1) is 5.92 Å². The number of hydrogen-bond acceptors (Lipinski definition) is 3. The molecule has 62 valence electrons. The first-order valence-corrected chi connectivity index (χ1v) is 5.28. The third-order valence-electron chi connectivity index (χ3n) is 2.21. The molecular weight excluding hydrogens is 156 g/mol. The zero-order valence-corrected chi connectivity index (χ0v) is 7.66. The summed E-state index contributed by atoms with van der Waals surface area (Å²) in [5.74, 6) is 2.12. The van der Waals surface area contributed by atoms with Crippen molar-refractivity contribution in [2.45, 2.75) is 25.8 Å². The van der Waals surface area contributed by atoms with Crippen LogP contribution < -0.4 is 5.32 Å². The van der Waals surface area contributed by atoms with Gasteiger partial charge in [0, 0.05) is 18.3 Å². The molecule has 2 atom stereocenters. The summed E-state index contributed by atoms with van der Waals surface area (Å²) in [6, 6.07) is 0.736. The Kier molecular flexibility index (Phi) is 2.07. The highest BCUT2D eigenvalue weighted by Gasteiger charge is 2.33. The standard InChI is InChI=1S/C8H14N2S/c1-6-5-7(6)10-8-9-3-2-4-11-8/h6-7H,2-5H2,1H3,(H,9,10). The van der Waals surface area contributed by atoms with Gasteiger partial charge in [-0.1, -0.05) is 18.7 Å². The normalized spacial score (nSPS) is 36.3. The van der Waals surface area contributed by atoms with E-state index in [4.69, 9.17) is 0 Å². The van der Waals surface area contributed by atoms with Crippen LogP contribution in [0.1, 0.15) is 19.8 Å². The lowest BCUT2D eigenvalue weighted by Crippen LogP contribution is -2.26. The minimum Gasteiger partial charge on any atom is -0.362 e. The monoisotopic (exact) mass is 170 g/mol. The summed E-state index contributed by atoms with van der Waals surface area (Å²) in [5.41, 5.74) is 0. The second-order valence-electron chi connectivity index (χ2n) is 3.35. The molecule has 0 aromatic carbocycles. The van der Waals surface area contributed by atoms with E-state index in [9.17, 15) is 0 Å². The minimum absolute atomic E-state index is 0.736. The molecule has 1 aliphatic carbocycles. The van der Waals surface area contributed by atoms with Gasteiger partial charge in [0.1, 0.15) is 0 Å². The smallest absolute Gasteiger partial charge is 0.156 e. The molecule has 0 aromatic rings. The average Bonchev–Trinajstić information content (AvgIpc) is 2.69. The van der Waals surface area contributed by atoms with Crippen molar-refractivity contribution in [1.82, 2.24) is 5.32 Å². The Morgan fingerprint density at radius 2 is 2.45 bits per heavy atom. The van der Waals surface area contributed by atoms with Crippen LogP contribution in [-0.2, 0) is 0 Å². The van der Waals surface area contributed by atoms with E-state index in [1.165, 1.54) is 23.8 Å². The fourth-order valence-electron chi connectivity index (χ4n) is 1.23. The molecule has 2 rings (SSSR count). The van der Waals surface area contributed by atoms with Crippen molar-refractivity contribution in [1.29, 1.82) is 0 Å². The highest BCUT2D eigenvalue weighted by atomic mass is 32.2. The maximum absolute atomic E-state index is 4.41. The molecule has 0 saturated heterocycles. The van der Waals surface area contributed by atoms with Crippen LogP contribution in [0.2, 0.25) is 0 Å². The fraction of sp³-hybridized carbons (Fsp3) is 0.875. The zero-order valence-electron chi connectivity index (χ0n) is 6.84. The lowest BCUT2D eigenvalue weighted by atomic mass is 10.5. The maximum atomic E-state index is 4.41. The van der Waals surface area contributed by atoms with Crippen molar-refractivity contribution in [2.75, 3.05) is 12.3 Å². The van der Waals surface area contributed by atoms with Gasteiger partial charge in [0.05, 0.1) is 0 Å². The summed E-state index contributed by atoms with van der Waals surface area (Å²) in [6.07, 6.45) is 2.58. The van der Waals surface area contributed by atoms with E-state index in [-0.39, 0.29) is 0 Å². The number of nitrogens with one attached hydrogen (secondary N) is 1. The molecule has 2 unspecified atom stereocenters. The third kappa shape index (κ3) is 1.89. The first kappa shape index (κ1) is 7.47. The molecule has 1 saturated carbocycles. The average molecular weight is 170 g/mol. The van der Waals surface area contributed by atoms with Crippen LogP contribution in [-0.4, -0.2) is 23.5 Å². The zero-order chi connectivity index (χ0) is 7.68. The Morgan fingerprint density at radius 1 is 1.64 bits per heavy atom. The molecule has 11 heavy (non-hydrogen) atoms. The van der Waals surface area contributed by atoms with Crippen LogP contribution in [0.5, 0.6) is 0 Å². The first-order valence-electron chi connectivity index (χ1n) is 4.30. The highest BCUT2D eigenvalue weighted by Crippen LogP contribution is 2.30. The number of hydrogen-bond donors (Lipinski definition) is 1. The summed E-state index contributed by atoms with van der Waals surface area (Å²) >= 11 is 1.87. The predicted octanol–water partition coefficient (Wildman–Crippen LogP) is 1.48. The molecule has 1 N–H and O–H groups in total. The van der Waals surface area contributed by atoms with Gasteiger partial charge in [-0.25, -0.2) is 0 Å². The number of rotatable bonds is 1. The van der Waals surface area contributed by atoms with E-state index in [0.29, 0.717) is 0 Å². The topological polar surface area (TPSA) is 24.4 Å². The van der Waals surface area contributed by atoms with E-state index in [1.54, 1.807) is 0 Å². The van der Waals surface area contributed by atoms with Crippen molar-refractivity contribution >= 4 is 16.9 Å². The number of amidine groups is 1. The molecule has 1 heterocycles. The van der Waals surface area contributed by atoms with Gasteiger partial charge in [-0.05, 0) is 18.8 Å². The quantitative estimate of drug-likeness (QED) is 0.644. The van der Waals surface area contributed by atoms with Crippen molar-refractivity contribution in [3.05, 3.63) is 0 Å². The van der Waals surface area contributed by atoms with Gasteiger partial charge in [0.15, 0.2) is 5.17 Å². The molecular formula is C8H14N2S. The Morgan fingerprint density at radius 3 is 3.00 bits per heavy atom. The highest BCUT2D eigenvalue weighted by molar-refractivity contribution is 8.13. The van der Waals surface area contributed by atoms with Crippen molar-refractivity contribution < 1.29 is 0 Å². The number of thioether (sulfide) groups is 1. The van der Waals surface area contributed by atoms with E-state index in [2.05, 4.69) is 17.2 Å². The number of nitrogens with zero attached hydrogens (tertiary/aromatic N) is 1. The molecule has 1 fully saturated rings. The summed E-state index contributed by atoms with van der Waals surface area (Å²) < 4.78 is 0. The van der Waals surface area contributed by atoms with Gasteiger partial charge in [-0.3, -0.25) is 4.99 Å². The molecule has 0 radical (unpaired) electrons. The Labute approximate surface area is 71.9 Å². The molecule has 2 aliphatic rings. The second kappa shape index (κ2) is 3.05. The Balaban J connectivity index is 1.80. The molecule has 1 aliphatic heterocycles. The SMILES string of the molecule is CC1CC1NC1=NCCCS1. The van der Waals surface area contributed by atoms with E-state index >= 15 is 0 Å². The van der Waals surface area contributed by atoms with Gasteiger partial charge < -0.3 is 5.32 Å². The molecule has 0 amide bonds. The van der Waals surface area contributed by atoms with Crippen LogP contribution in [0.4, 0.5) is 0 Å². The fourth-order valence-corrected chi connectivity index (χ4v) is 2.11. The van der Waals surface area contributed by atoms with E-state index in [0.717, 1.165) is 18.5 Å². The van der Waals surface area contributed by atoms with Crippen molar-refractivity contribution in [3.63, 3.8) is 0 Å². The maximum Gasteiger partial charge on any atom is 0.156 e. The molecule has 0 bridgehead atoms. The summed E-state index contributed by atoms with van der Waals surface area (Å²) in [4.78, 5) is 4.41. The largest absolute Gasteiger partial charge is 0.362 e. The molecule has 3 heteroatoms. The summed E-state index contributed by atoms with van der Waals surface area (Å²) in [5, 5.41) is 4.64. The van der Waals surface area contributed by atoms with E-state index < -0.39 is 0 Å². The van der Waals surface area contributed by atoms with Gasteiger partial charge in [-0.2, -0.15) is 0 Å².